The lowest BCUT2D eigenvalue weighted by atomic mass is 9.79. The lowest BCUT2D eigenvalue weighted by molar-refractivity contribution is -0.121. The van der Waals surface area contributed by atoms with E-state index in [1.54, 1.807) is 0 Å². The molecule has 2 fully saturated rings. The molecule has 2 aliphatic carbocycles. The van der Waals surface area contributed by atoms with Crippen LogP contribution in [0.2, 0.25) is 0 Å². The Hall–Kier alpha value is -0.570. The van der Waals surface area contributed by atoms with Crippen LogP contribution in [0, 0.1) is 17.8 Å². The monoisotopic (exact) mass is 281 g/mol. The minimum Gasteiger partial charge on any atom is -0.396 e. The normalized spacial score (nSPS) is 28.2. The summed E-state index contributed by atoms with van der Waals surface area (Å²) in [6.07, 6.45) is 13.3. The highest BCUT2D eigenvalue weighted by Gasteiger charge is 2.24. The first-order valence-corrected chi connectivity index (χ1v) is 8.67. The molecule has 2 unspecified atom stereocenters. The summed E-state index contributed by atoms with van der Waals surface area (Å²) in [5.74, 6) is 1.90. The molecule has 0 aromatic heterocycles. The van der Waals surface area contributed by atoms with Gasteiger partial charge in [-0.05, 0) is 37.0 Å². The van der Waals surface area contributed by atoms with Gasteiger partial charge < -0.3 is 10.4 Å². The van der Waals surface area contributed by atoms with Crippen LogP contribution in [0.25, 0.3) is 0 Å². The first-order valence-electron chi connectivity index (χ1n) is 8.67. The predicted octanol–water partition coefficient (Wildman–Crippen LogP) is 3.26. The fraction of sp³-hybridized carbons (Fsp3) is 0.941. The van der Waals surface area contributed by atoms with Gasteiger partial charge in [0.25, 0.3) is 0 Å². The average Bonchev–Trinajstić information content (AvgIpc) is 2.52. The van der Waals surface area contributed by atoms with E-state index in [1.165, 1.54) is 44.9 Å². The van der Waals surface area contributed by atoms with E-state index in [9.17, 15) is 9.90 Å². The number of carbonyl (C=O) groups excluding carboxylic acids is 1. The molecule has 0 heterocycles. The quantitative estimate of drug-likeness (QED) is 0.785. The maximum atomic E-state index is 11.9. The first kappa shape index (κ1) is 15.8. The fourth-order valence-electron chi connectivity index (χ4n) is 3.94. The fourth-order valence-corrected chi connectivity index (χ4v) is 3.94. The summed E-state index contributed by atoms with van der Waals surface area (Å²) in [5.41, 5.74) is 0. The van der Waals surface area contributed by atoms with Crippen molar-refractivity contribution in [3.05, 3.63) is 0 Å². The summed E-state index contributed by atoms with van der Waals surface area (Å²) in [5, 5.41) is 12.5. The molecular weight excluding hydrogens is 250 g/mol. The van der Waals surface area contributed by atoms with Crippen LogP contribution in [0.1, 0.15) is 70.6 Å². The van der Waals surface area contributed by atoms with Crippen LogP contribution in [0.15, 0.2) is 0 Å². The molecule has 3 heteroatoms. The number of nitrogens with one attached hydrogen (secondary N) is 1. The van der Waals surface area contributed by atoms with Crippen molar-refractivity contribution in [2.24, 2.45) is 17.8 Å². The molecule has 3 nitrogen and oxygen atoms in total. The van der Waals surface area contributed by atoms with E-state index in [-0.39, 0.29) is 12.5 Å². The van der Waals surface area contributed by atoms with E-state index < -0.39 is 0 Å². The standard InChI is InChI=1S/C17H31NO2/c19-13-16-9-5-4-8-15(16)12-18-17(20)11-10-14-6-2-1-3-7-14/h14-16,19H,1-13H2,(H,18,20). The number of rotatable bonds is 6. The summed E-state index contributed by atoms with van der Waals surface area (Å²) < 4.78 is 0. The van der Waals surface area contributed by atoms with Crippen LogP contribution in [0.5, 0.6) is 0 Å². The van der Waals surface area contributed by atoms with Gasteiger partial charge in [0.1, 0.15) is 0 Å². The third-order valence-electron chi connectivity index (χ3n) is 5.37. The molecule has 2 rings (SSSR count). The van der Waals surface area contributed by atoms with Crippen molar-refractivity contribution in [3.8, 4) is 0 Å². The summed E-state index contributed by atoms with van der Waals surface area (Å²) in [4.78, 5) is 11.9. The Morgan fingerprint density at radius 3 is 2.30 bits per heavy atom. The van der Waals surface area contributed by atoms with Gasteiger partial charge in [-0.25, -0.2) is 0 Å². The molecule has 20 heavy (non-hydrogen) atoms. The maximum Gasteiger partial charge on any atom is 0.220 e. The maximum absolute atomic E-state index is 11.9. The van der Waals surface area contributed by atoms with Crippen molar-refractivity contribution in [1.29, 1.82) is 0 Å². The Morgan fingerprint density at radius 1 is 0.950 bits per heavy atom. The van der Waals surface area contributed by atoms with Crippen LogP contribution < -0.4 is 5.32 Å². The molecule has 1 amide bonds. The zero-order valence-electron chi connectivity index (χ0n) is 12.8. The van der Waals surface area contributed by atoms with Gasteiger partial charge in [-0.3, -0.25) is 4.79 Å². The summed E-state index contributed by atoms with van der Waals surface area (Å²) in [6.45, 7) is 1.05. The third-order valence-corrected chi connectivity index (χ3v) is 5.37. The number of amides is 1. The molecule has 0 aromatic carbocycles. The number of aliphatic hydroxyl groups is 1. The van der Waals surface area contributed by atoms with Gasteiger partial charge in [-0.15, -0.1) is 0 Å². The second-order valence-electron chi connectivity index (χ2n) is 6.83. The highest BCUT2D eigenvalue weighted by Crippen LogP contribution is 2.29. The summed E-state index contributed by atoms with van der Waals surface area (Å²) in [7, 11) is 0. The zero-order chi connectivity index (χ0) is 14.2. The van der Waals surface area contributed by atoms with E-state index in [0.29, 0.717) is 18.3 Å². The molecule has 0 saturated heterocycles. The first-order chi connectivity index (χ1) is 9.79. The smallest absolute Gasteiger partial charge is 0.220 e. The molecule has 2 N–H and O–H groups in total. The predicted molar refractivity (Wildman–Crippen MR) is 81.4 cm³/mol. The molecule has 0 radical (unpaired) electrons. The van der Waals surface area contributed by atoms with Crippen molar-refractivity contribution < 1.29 is 9.90 Å². The van der Waals surface area contributed by atoms with Crippen molar-refractivity contribution in [2.45, 2.75) is 70.6 Å². The minimum atomic E-state index is 0.220. The van der Waals surface area contributed by atoms with Crippen molar-refractivity contribution in [2.75, 3.05) is 13.2 Å². The van der Waals surface area contributed by atoms with Gasteiger partial charge in [0.15, 0.2) is 0 Å². The molecule has 0 bridgehead atoms. The third kappa shape index (κ3) is 5.08. The molecule has 0 aromatic rings. The van der Waals surface area contributed by atoms with Crippen LogP contribution in [0.3, 0.4) is 0 Å². The van der Waals surface area contributed by atoms with Crippen LogP contribution in [0.4, 0.5) is 0 Å². The Morgan fingerprint density at radius 2 is 1.60 bits per heavy atom. The van der Waals surface area contributed by atoms with Crippen molar-refractivity contribution in [1.82, 2.24) is 5.32 Å². The van der Waals surface area contributed by atoms with E-state index in [4.69, 9.17) is 0 Å². The van der Waals surface area contributed by atoms with E-state index in [0.717, 1.165) is 31.7 Å². The number of carbonyl (C=O) groups is 1. The van der Waals surface area contributed by atoms with Crippen molar-refractivity contribution >= 4 is 5.91 Å². The lowest BCUT2D eigenvalue weighted by Crippen LogP contribution is -2.35. The number of aliphatic hydroxyl groups excluding tert-OH is 1. The van der Waals surface area contributed by atoms with Crippen LogP contribution >= 0.6 is 0 Å². The number of hydrogen-bond acceptors (Lipinski definition) is 2. The molecule has 116 valence electrons. The van der Waals surface area contributed by atoms with Gasteiger partial charge in [-0.2, -0.15) is 0 Å². The minimum absolute atomic E-state index is 0.220. The summed E-state index contributed by atoms with van der Waals surface area (Å²) in [6, 6.07) is 0. The van der Waals surface area contributed by atoms with Crippen LogP contribution in [-0.4, -0.2) is 24.2 Å². The van der Waals surface area contributed by atoms with Gasteiger partial charge in [-0.1, -0.05) is 44.9 Å². The Balaban J connectivity index is 1.61. The molecule has 0 spiro atoms. The van der Waals surface area contributed by atoms with E-state index >= 15 is 0 Å². The van der Waals surface area contributed by atoms with E-state index in [2.05, 4.69) is 5.32 Å². The second-order valence-corrected chi connectivity index (χ2v) is 6.83. The number of hydrogen-bond donors (Lipinski definition) is 2. The molecule has 0 aliphatic heterocycles. The zero-order valence-corrected chi connectivity index (χ0v) is 12.8. The van der Waals surface area contributed by atoms with Gasteiger partial charge in [0, 0.05) is 19.6 Å². The lowest BCUT2D eigenvalue weighted by Gasteiger charge is -2.30. The van der Waals surface area contributed by atoms with Crippen molar-refractivity contribution in [3.63, 3.8) is 0 Å². The van der Waals surface area contributed by atoms with Gasteiger partial charge in [0.05, 0.1) is 0 Å². The molecule has 2 atom stereocenters. The summed E-state index contributed by atoms with van der Waals surface area (Å²) >= 11 is 0. The Kier molecular flexibility index (Phi) is 6.85. The Labute approximate surface area is 123 Å². The van der Waals surface area contributed by atoms with Gasteiger partial charge in [0.2, 0.25) is 5.91 Å². The largest absolute Gasteiger partial charge is 0.396 e. The SMILES string of the molecule is O=C(CCC1CCCCC1)NCC1CCCCC1CO. The Bertz CT molecular complexity index is 287. The highest BCUT2D eigenvalue weighted by atomic mass is 16.3. The van der Waals surface area contributed by atoms with Crippen LogP contribution in [-0.2, 0) is 4.79 Å². The molecule has 2 saturated carbocycles. The van der Waals surface area contributed by atoms with E-state index in [1.807, 2.05) is 0 Å². The highest BCUT2D eigenvalue weighted by molar-refractivity contribution is 5.75. The van der Waals surface area contributed by atoms with Gasteiger partial charge >= 0.3 is 0 Å². The molecule has 2 aliphatic rings. The average molecular weight is 281 g/mol. The molecular formula is C17H31NO2. The topological polar surface area (TPSA) is 49.3 Å². The second kappa shape index (κ2) is 8.66.